The second-order valence-corrected chi connectivity index (χ2v) is 5.50. The zero-order valence-corrected chi connectivity index (χ0v) is 11.9. The molecule has 0 unspecified atom stereocenters. The van der Waals surface area contributed by atoms with Crippen molar-refractivity contribution < 1.29 is 9.90 Å². The maximum Gasteiger partial charge on any atom is 0.347 e. The smallest absolute Gasteiger partial charge is 0.347 e. The van der Waals surface area contributed by atoms with Crippen LogP contribution in [0.15, 0.2) is 30.6 Å². The minimum atomic E-state index is -0.962. The van der Waals surface area contributed by atoms with E-state index in [4.69, 9.17) is 11.5 Å². The Kier molecular flexibility index (Phi) is 3.16. The molecule has 1 N–H and O–H groups in total. The van der Waals surface area contributed by atoms with Crippen LogP contribution >= 0.6 is 11.3 Å². The lowest BCUT2D eigenvalue weighted by molar-refractivity contribution is 0.0701. The molecule has 0 aliphatic carbocycles. The number of carboxylic acids is 1. The van der Waals surface area contributed by atoms with Crippen LogP contribution in [0.2, 0.25) is 0 Å². The highest BCUT2D eigenvalue weighted by molar-refractivity contribution is 7.17. The molecule has 2 aromatic heterocycles. The number of carbonyl (C=O) groups is 1. The standard InChI is InChI=1S/C16H10N2O2S/c1-3-10-6-11(7-12-8-17-5-4-13(10)12)15-18-9(2)14(21-15)16(19)20/h1,4-8H,2H3,(H,19,20). The molecule has 3 rings (SSSR count). The van der Waals surface area contributed by atoms with Crippen molar-refractivity contribution in [3.63, 3.8) is 0 Å². The van der Waals surface area contributed by atoms with Gasteiger partial charge in [0.05, 0.1) is 5.69 Å². The fraction of sp³-hybridized carbons (Fsp3) is 0.0625. The molecule has 0 aliphatic heterocycles. The van der Waals surface area contributed by atoms with E-state index in [0.29, 0.717) is 10.7 Å². The molecule has 4 nitrogen and oxygen atoms in total. The molecule has 21 heavy (non-hydrogen) atoms. The van der Waals surface area contributed by atoms with Crippen molar-refractivity contribution in [2.75, 3.05) is 0 Å². The number of aromatic carboxylic acids is 1. The fourth-order valence-corrected chi connectivity index (χ4v) is 3.06. The van der Waals surface area contributed by atoms with E-state index in [1.807, 2.05) is 18.2 Å². The van der Waals surface area contributed by atoms with E-state index in [0.717, 1.165) is 33.2 Å². The van der Waals surface area contributed by atoms with Crippen molar-refractivity contribution >= 4 is 28.1 Å². The number of thiazole rings is 1. The van der Waals surface area contributed by atoms with Gasteiger partial charge < -0.3 is 5.11 Å². The summed E-state index contributed by atoms with van der Waals surface area (Å²) < 4.78 is 0. The van der Waals surface area contributed by atoms with E-state index < -0.39 is 5.97 Å². The number of hydrogen-bond acceptors (Lipinski definition) is 4. The lowest BCUT2D eigenvalue weighted by Crippen LogP contribution is -1.94. The molecule has 3 aromatic rings. The molecular weight excluding hydrogens is 284 g/mol. The van der Waals surface area contributed by atoms with Crippen LogP contribution in [0.1, 0.15) is 20.9 Å². The molecule has 0 amide bonds. The van der Waals surface area contributed by atoms with Crippen molar-refractivity contribution in [1.82, 2.24) is 9.97 Å². The Labute approximate surface area is 125 Å². The maximum absolute atomic E-state index is 11.1. The molecule has 2 heterocycles. The summed E-state index contributed by atoms with van der Waals surface area (Å²) in [5.74, 6) is 1.69. The Morgan fingerprint density at radius 1 is 1.43 bits per heavy atom. The van der Waals surface area contributed by atoms with Gasteiger partial charge in [-0.25, -0.2) is 9.78 Å². The molecule has 0 bridgehead atoms. The lowest BCUT2D eigenvalue weighted by Gasteiger charge is -2.04. The van der Waals surface area contributed by atoms with Crippen LogP contribution in [0.3, 0.4) is 0 Å². The van der Waals surface area contributed by atoms with Crippen LogP contribution < -0.4 is 0 Å². The summed E-state index contributed by atoms with van der Waals surface area (Å²) in [6, 6.07) is 5.64. The summed E-state index contributed by atoms with van der Waals surface area (Å²) in [5, 5.41) is 11.6. The average molecular weight is 294 g/mol. The zero-order valence-electron chi connectivity index (χ0n) is 11.1. The van der Waals surface area contributed by atoms with Gasteiger partial charge >= 0.3 is 5.97 Å². The van der Waals surface area contributed by atoms with Crippen LogP contribution in [-0.4, -0.2) is 21.0 Å². The van der Waals surface area contributed by atoms with Crippen molar-refractivity contribution in [3.05, 3.63) is 46.7 Å². The van der Waals surface area contributed by atoms with Gasteiger partial charge in [0.15, 0.2) is 0 Å². The van der Waals surface area contributed by atoms with E-state index in [-0.39, 0.29) is 4.88 Å². The first kappa shape index (κ1) is 13.3. The molecule has 0 spiro atoms. The van der Waals surface area contributed by atoms with E-state index in [1.165, 1.54) is 0 Å². The Morgan fingerprint density at radius 3 is 2.90 bits per heavy atom. The number of hydrogen-bond donors (Lipinski definition) is 1. The summed E-state index contributed by atoms with van der Waals surface area (Å²) in [5.41, 5.74) is 2.06. The molecule has 0 radical (unpaired) electrons. The van der Waals surface area contributed by atoms with E-state index in [9.17, 15) is 4.79 Å². The van der Waals surface area contributed by atoms with Gasteiger partial charge in [-0.1, -0.05) is 5.92 Å². The number of pyridine rings is 1. The molecule has 102 valence electrons. The van der Waals surface area contributed by atoms with Gasteiger partial charge in [-0.05, 0) is 25.1 Å². The van der Waals surface area contributed by atoms with Gasteiger partial charge in [0.1, 0.15) is 9.88 Å². The Hall–Kier alpha value is -2.71. The highest BCUT2D eigenvalue weighted by Crippen LogP contribution is 2.31. The average Bonchev–Trinajstić information content (AvgIpc) is 2.88. The highest BCUT2D eigenvalue weighted by atomic mass is 32.1. The van der Waals surface area contributed by atoms with Crippen LogP contribution in [0.5, 0.6) is 0 Å². The van der Waals surface area contributed by atoms with Gasteiger partial charge in [0.2, 0.25) is 0 Å². The molecule has 0 saturated heterocycles. The molecule has 1 aromatic carbocycles. The van der Waals surface area contributed by atoms with Crippen molar-refractivity contribution in [3.8, 4) is 22.9 Å². The maximum atomic E-state index is 11.1. The Balaban J connectivity index is 2.24. The van der Waals surface area contributed by atoms with E-state index in [2.05, 4.69) is 15.9 Å². The first-order valence-electron chi connectivity index (χ1n) is 6.15. The number of fused-ring (bicyclic) bond motifs is 1. The molecule has 0 saturated carbocycles. The summed E-state index contributed by atoms with van der Waals surface area (Å²) in [4.78, 5) is 19.8. The minimum Gasteiger partial charge on any atom is -0.477 e. The van der Waals surface area contributed by atoms with Crippen LogP contribution in [0.4, 0.5) is 0 Å². The molecule has 0 aliphatic rings. The lowest BCUT2D eigenvalue weighted by atomic mass is 10.0. The van der Waals surface area contributed by atoms with Crippen LogP contribution in [0, 0.1) is 19.3 Å². The highest BCUT2D eigenvalue weighted by Gasteiger charge is 2.16. The van der Waals surface area contributed by atoms with Gasteiger partial charge in [-0.3, -0.25) is 4.98 Å². The topological polar surface area (TPSA) is 63.1 Å². The van der Waals surface area contributed by atoms with Gasteiger partial charge in [-0.2, -0.15) is 0 Å². The van der Waals surface area contributed by atoms with E-state index in [1.54, 1.807) is 19.3 Å². The summed E-state index contributed by atoms with van der Waals surface area (Å²) >= 11 is 1.15. The van der Waals surface area contributed by atoms with Gasteiger partial charge in [0, 0.05) is 34.3 Å². The fourth-order valence-electron chi connectivity index (χ4n) is 2.17. The molecule has 0 fully saturated rings. The number of benzene rings is 1. The first-order chi connectivity index (χ1) is 10.1. The van der Waals surface area contributed by atoms with Gasteiger partial charge in [0.25, 0.3) is 0 Å². The minimum absolute atomic E-state index is 0.249. The first-order valence-corrected chi connectivity index (χ1v) is 6.97. The number of aromatic nitrogens is 2. The Morgan fingerprint density at radius 2 is 2.24 bits per heavy atom. The third kappa shape index (κ3) is 2.26. The second kappa shape index (κ2) is 5.00. The zero-order chi connectivity index (χ0) is 15.0. The predicted octanol–water partition coefficient (Wildman–Crippen LogP) is 3.35. The molecular formula is C16H10N2O2S. The number of terminal acetylenes is 1. The van der Waals surface area contributed by atoms with Crippen molar-refractivity contribution in [1.29, 1.82) is 0 Å². The monoisotopic (exact) mass is 294 g/mol. The number of nitrogens with zero attached hydrogens (tertiary/aromatic N) is 2. The normalized spacial score (nSPS) is 10.5. The number of rotatable bonds is 2. The predicted molar refractivity (Wildman–Crippen MR) is 82.5 cm³/mol. The van der Waals surface area contributed by atoms with Crippen LogP contribution in [0.25, 0.3) is 21.3 Å². The van der Waals surface area contributed by atoms with Gasteiger partial charge in [-0.15, -0.1) is 17.8 Å². The van der Waals surface area contributed by atoms with Crippen molar-refractivity contribution in [2.24, 2.45) is 0 Å². The van der Waals surface area contributed by atoms with Crippen LogP contribution in [-0.2, 0) is 0 Å². The molecule has 5 heteroatoms. The number of carboxylic acid groups (broad SMARTS) is 1. The third-order valence-corrected chi connectivity index (χ3v) is 4.34. The SMILES string of the molecule is C#Cc1cc(-c2nc(C)c(C(=O)O)s2)cc2cnccc12. The summed E-state index contributed by atoms with van der Waals surface area (Å²) in [7, 11) is 0. The quantitative estimate of drug-likeness (QED) is 0.736. The Bertz CT molecular complexity index is 906. The van der Waals surface area contributed by atoms with Crippen molar-refractivity contribution in [2.45, 2.75) is 6.92 Å². The second-order valence-electron chi connectivity index (χ2n) is 4.50. The number of aryl methyl sites for hydroxylation is 1. The summed E-state index contributed by atoms with van der Waals surface area (Å²) in [6.45, 7) is 1.69. The van der Waals surface area contributed by atoms with E-state index >= 15 is 0 Å². The summed E-state index contributed by atoms with van der Waals surface area (Å²) in [6.07, 6.45) is 8.99. The third-order valence-electron chi connectivity index (χ3n) is 3.15. The largest absolute Gasteiger partial charge is 0.477 e. The molecule has 0 atom stereocenters.